The number of benzene rings is 1. The number of amides is 2. The maximum Gasteiger partial charge on any atom is 0.254 e. The zero-order valence-corrected chi connectivity index (χ0v) is 17.6. The molecule has 6 heteroatoms. The fourth-order valence-corrected chi connectivity index (χ4v) is 3.96. The fourth-order valence-electron chi connectivity index (χ4n) is 3.96. The van der Waals surface area contributed by atoms with Gasteiger partial charge in [-0.3, -0.25) is 14.6 Å². The normalized spacial score (nSPS) is 21.5. The number of hydrogen-bond donors (Lipinski definition) is 1. The van der Waals surface area contributed by atoms with Crippen LogP contribution in [0.4, 0.5) is 0 Å². The van der Waals surface area contributed by atoms with Crippen LogP contribution in [-0.2, 0) is 20.7 Å². The van der Waals surface area contributed by atoms with E-state index in [1.807, 2.05) is 61.3 Å². The summed E-state index contributed by atoms with van der Waals surface area (Å²) in [5.74, 6) is 0.141. The molecule has 6 nitrogen and oxygen atoms in total. The summed E-state index contributed by atoms with van der Waals surface area (Å²) in [4.78, 5) is 31.9. The SMILES string of the molecule is CC(C)NC(=O)C1(Cc2ccc(-c3cccnc3)cc2)CN(C(=O)C2CC2)CCO1. The molecular formula is C24H29N3O3. The van der Waals surface area contributed by atoms with Gasteiger partial charge in [-0.1, -0.05) is 30.3 Å². The highest BCUT2D eigenvalue weighted by molar-refractivity contribution is 5.88. The second-order valence-electron chi connectivity index (χ2n) is 8.62. The summed E-state index contributed by atoms with van der Waals surface area (Å²) in [6.07, 6.45) is 5.92. The van der Waals surface area contributed by atoms with Crippen molar-refractivity contribution in [1.29, 1.82) is 0 Å². The molecule has 1 saturated heterocycles. The zero-order valence-electron chi connectivity index (χ0n) is 17.6. The van der Waals surface area contributed by atoms with E-state index in [2.05, 4.69) is 10.3 Å². The Morgan fingerprint density at radius 2 is 1.97 bits per heavy atom. The predicted molar refractivity (Wildman–Crippen MR) is 115 cm³/mol. The molecule has 30 heavy (non-hydrogen) atoms. The smallest absolute Gasteiger partial charge is 0.254 e. The number of hydrogen-bond acceptors (Lipinski definition) is 4. The van der Waals surface area contributed by atoms with Gasteiger partial charge in [0.1, 0.15) is 0 Å². The van der Waals surface area contributed by atoms with E-state index in [-0.39, 0.29) is 23.8 Å². The minimum absolute atomic E-state index is 0.000409. The van der Waals surface area contributed by atoms with Gasteiger partial charge in [-0.2, -0.15) is 0 Å². The fraction of sp³-hybridized carbons (Fsp3) is 0.458. The van der Waals surface area contributed by atoms with E-state index in [9.17, 15) is 9.59 Å². The molecule has 1 aliphatic heterocycles. The number of morpholine rings is 1. The Kier molecular flexibility index (Phi) is 5.86. The average molecular weight is 408 g/mol. The summed E-state index contributed by atoms with van der Waals surface area (Å²) in [7, 11) is 0. The minimum atomic E-state index is -1.07. The Hall–Kier alpha value is -2.73. The van der Waals surface area contributed by atoms with Crippen LogP contribution < -0.4 is 5.32 Å². The molecule has 2 fully saturated rings. The molecule has 1 aromatic carbocycles. The summed E-state index contributed by atoms with van der Waals surface area (Å²) in [6, 6.07) is 12.1. The Morgan fingerprint density at radius 3 is 2.60 bits per heavy atom. The molecule has 2 aliphatic rings. The summed E-state index contributed by atoms with van der Waals surface area (Å²) >= 11 is 0. The number of carbonyl (C=O) groups excluding carboxylic acids is 2. The molecule has 1 aliphatic carbocycles. The van der Waals surface area contributed by atoms with Crippen LogP contribution in [0.25, 0.3) is 11.1 Å². The second kappa shape index (κ2) is 8.56. The monoisotopic (exact) mass is 407 g/mol. The number of carbonyl (C=O) groups is 2. The summed E-state index contributed by atoms with van der Waals surface area (Å²) < 4.78 is 6.11. The third-order valence-corrected chi connectivity index (χ3v) is 5.70. The molecule has 1 N–H and O–H groups in total. The average Bonchev–Trinajstić information content (AvgIpc) is 3.59. The van der Waals surface area contributed by atoms with Crippen LogP contribution in [0.15, 0.2) is 48.8 Å². The van der Waals surface area contributed by atoms with Crippen LogP contribution in [0.3, 0.4) is 0 Å². The summed E-state index contributed by atoms with van der Waals surface area (Å²) in [6.45, 7) is 5.09. The highest BCUT2D eigenvalue weighted by Gasteiger charge is 2.47. The topological polar surface area (TPSA) is 71.5 Å². The number of aromatic nitrogens is 1. The van der Waals surface area contributed by atoms with Gasteiger partial charge in [-0.25, -0.2) is 0 Å². The predicted octanol–water partition coefficient (Wildman–Crippen LogP) is 2.82. The first-order valence-corrected chi connectivity index (χ1v) is 10.7. The van der Waals surface area contributed by atoms with Crippen molar-refractivity contribution in [3.8, 4) is 11.1 Å². The van der Waals surface area contributed by atoms with E-state index in [1.165, 1.54) is 0 Å². The maximum atomic E-state index is 13.2. The first-order chi connectivity index (χ1) is 14.5. The van der Waals surface area contributed by atoms with Crippen molar-refractivity contribution >= 4 is 11.8 Å². The lowest BCUT2D eigenvalue weighted by Crippen LogP contribution is -2.63. The number of nitrogens with zero attached hydrogens (tertiary/aromatic N) is 2. The first-order valence-electron chi connectivity index (χ1n) is 10.7. The number of nitrogens with one attached hydrogen (secondary N) is 1. The maximum absolute atomic E-state index is 13.2. The van der Waals surface area contributed by atoms with E-state index in [4.69, 9.17) is 4.74 Å². The van der Waals surface area contributed by atoms with Gasteiger partial charge >= 0.3 is 0 Å². The highest BCUT2D eigenvalue weighted by Crippen LogP contribution is 2.33. The number of ether oxygens (including phenoxy) is 1. The Labute approximate surface area is 177 Å². The van der Waals surface area contributed by atoms with Crippen LogP contribution in [0.5, 0.6) is 0 Å². The van der Waals surface area contributed by atoms with E-state index in [0.717, 1.165) is 29.5 Å². The lowest BCUT2D eigenvalue weighted by Gasteiger charge is -2.42. The molecule has 1 unspecified atom stereocenters. The highest BCUT2D eigenvalue weighted by atomic mass is 16.5. The molecule has 2 aromatic rings. The van der Waals surface area contributed by atoms with Crippen molar-refractivity contribution in [3.05, 3.63) is 54.4 Å². The molecule has 2 heterocycles. The van der Waals surface area contributed by atoms with E-state index >= 15 is 0 Å². The third kappa shape index (κ3) is 4.54. The molecule has 158 valence electrons. The van der Waals surface area contributed by atoms with Gasteiger partial charge in [0.2, 0.25) is 5.91 Å². The second-order valence-corrected chi connectivity index (χ2v) is 8.62. The van der Waals surface area contributed by atoms with Gasteiger partial charge in [-0.15, -0.1) is 0 Å². The van der Waals surface area contributed by atoms with Crippen LogP contribution in [0.2, 0.25) is 0 Å². The molecule has 0 spiro atoms. The molecule has 1 atom stereocenters. The van der Waals surface area contributed by atoms with Gasteiger partial charge in [0.25, 0.3) is 5.91 Å². The van der Waals surface area contributed by atoms with Crippen molar-refractivity contribution in [3.63, 3.8) is 0 Å². The summed E-state index contributed by atoms with van der Waals surface area (Å²) in [5.41, 5.74) is 2.06. The van der Waals surface area contributed by atoms with E-state index < -0.39 is 5.60 Å². The van der Waals surface area contributed by atoms with Gasteiger partial charge < -0.3 is 15.0 Å². The van der Waals surface area contributed by atoms with Crippen LogP contribution in [0, 0.1) is 5.92 Å². The van der Waals surface area contributed by atoms with Crippen molar-refractivity contribution in [2.24, 2.45) is 5.92 Å². The summed E-state index contributed by atoms with van der Waals surface area (Å²) in [5, 5.41) is 3.00. The first kappa shape index (κ1) is 20.5. The van der Waals surface area contributed by atoms with Crippen molar-refractivity contribution < 1.29 is 14.3 Å². The standard InChI is InChI=1S/C24H29N3O3/c1-17(2)26-23(29)24(16-27(12-13-30-24)22(28)20-9-10-20)14-18-5-7-19(8-6-18)21-4-3-11-25-15-21/h3-8,11,15,17,20H,9-10,12-14,16H2,1-2H3,(H,26,29). The minimum Gasteiger partial charge on any atom is -0.361 e. The van der Waals surface area contributed by atoms with E-state index in [0.29, 0.717) is 26.1 Å². The lowest BCUT2D eigenvalue weighted by atomic mass is 9.90. The Balaban J connectivity index is 1.56. The van der Waals surface area contributed by atoms with Gasteiger partial charge in [0.05, 0.1) is 13.2 Å². The number of pyridine rings is 1. The molecular weight excluding hydrogens is 378 g/mol. The lowest BCUT2D eigenvalue weighted by molar-refractivity contribution is -0.167. The number of rotatable bonds is 6. The molecule has 0 radical (unpaired) electrons. The van der Waals surface area contributed by atoms with Gasteiger partial charge in [0.15, 0.2) is 5.60 Å². The molecule has 1 aromatic heterocycles. The van der Waals surface area contributed by atoms with Crippen LogP contribution >= 0.6 is 0 Å². The third-order valence-electron chi connectivity index (χ3n) is 5.70. The van der Waals surface area contributed by atoms with Crippen molar-refractivity contribution in [1.82, 2.24) is 15.2 Å². The molecule has 2 amide bonds. The quantitative estimate of drug-likeness (QED) is 0.799. The Bertz CT molecular complexity index is 894. The Morgan fingerprint density at radius 1 is 1.20 bits per heavy atom. The van der Waals surface area contributed by atoms with Crippen molar-refractivity contribution in [2.45, 2.75) is 44.8 Å². The zero-order chi connectivity index (χ0) is 21.1. The van der Waals surface area contributed by atoms with Gasteiger partial charge in [0, 0.05) is 37.3 Å². The molecule has 0 bridgehead atoms. The van der Waals surface area contributed by atoms with E-state index in [1.54, 1.807) is 6.20 Å². The molecule has 4 rings (SSSR count). The van der Waals surface area contributed by atoms with Crippen molar-refractivity contribution in [2.75, 3.05) is 19.7 Å². The van der Waals surface area contributed by atoms with Gasteiger partial charge in [-0.05, 0) is 49.4 Å². The largest absolute Gasteiger partial charge is 0.361 e. The molecule has 1 saturated carbocycles. The van der Waals surface area contributed by atoms with Crippen LogP contribution in [-0.4, -0.2) is 53.0 Å². The van der Waals surface area contributed by atoms with Crippen LogP contribution in [0.1, 0.15) is 32.3 Å².